The zero-order chi connectivity index (χ0) is 15.7. The van der Waals surface area contributed by atoms with Crippen molar-refractivity contribution in [2.45, 2.75) is 12.5 Å². The van der Waals surface area contributed by atoms with Gasteiger partial charge in [0, 0.05) is 0 Å². The molecular weight excluding hydrogens is 302 g/mol. The molecule has 7 heteroatoms. The van der Waals surface area contributed by atoms with Gasteiger partial charge < -0.3 is 5.32 Å². The van der Waals surface area contributed by atoms with Crippen molar-refractivity contribution < 1.29 is 14.4 Å². The molecule has 1 unspecified atom stereocenters. The Labute approximate surface area is 130 Å². The molecule has 1 atom stereocenters. The number of nitrogens with one attached hydrogen (secondary N) is 2. The zero-order valence-electron chi connectivity index (χ0n) is 11.7. The van der Waals surface area contributed by atoms with Crippen molar-refractivity contribution in [3.63, 3.8) is 0 Å². The average molecular weight is 315 g/mol. The van der Waals surface area contributed by atoms with E-state index < -0.39 is 23.4 Å². The summed E-state index contributed by atoms with van der Waals surface area (Å²) in [6, 6.07) is 11.6. The van der Waals surface area contributed by atoms with E-state index in [1.807, 2.05) is 6.07 Å². The van der Waals surface area contributed by atoms with Gasteiger partial charge in [0.25, 0.3) is 11.8 Å². The fourth-order valence-corrected chi connectivity index (χ4v) is 2.89. The second-order valence-electron chi connectivity index (χ2n) is 4.98. The van der Waals surface area contributed by atoms with Crippen molar-refractivity contribution in [1.29, 1.82) is 0 Å². The van der Waals surface area contributed by atoms with Gasteiger partial charge in [-0.3, -0.25) is 15.0 Å². The molecule has 1 aromatic carbocycles. The molecule has 0 spiro atoms. The summed E-state index contributed by atoms with van der Waals surface area (Å²) in [4.78, 5) is 37.1. The largest absolute Gasteiger partial charge is 0.344 e. The number of thiophene rings is 1. The van der Waals surface area contributed by atoms with Gasteiger partial charge >= 0.3 is 6.03 Å². The lowest BCUT2D eigenvalue weighted by atomic mass is 9.92. The number of rotatable bonds is 3. The summed E-state index contributed by atoms with van der Waals surface area (Å²) in [6.45, 7) is 1.61. The highest BCUT2D eigenvalue weighted by Gasteiger charge is 2.50. The predicted octanol–water partition coefficient (Wildman–Crippen LogP) is 1.86. The Morgan fingerprint density at radius 3 is 2.55 bits per heavy atom. The van der Waals surface area contributed by atoms with E-state index in [0.29, 0.717) is 10.4 Å². The first kappa shape index (κ1) is 14.3. The molecule has 0 aliphatic carbocycles. The Hall–Kier alpha value is -2.67. The number of nitrogens with zero attached hydrogens (tertiary/aromatic N) is 1. The number of amides is 4. The maximum Gasteiger partial charge on any atom is 0.344 e. The number of benzene rings is 1. The van der Waals surface area contributed by atoms with E-state index in [1.54, 1.807) is 48.7 Å². The number of carbonyl (C=O) groups excluding carboxylic acids is 3. The molecule has 1 aliphatic heterocycles. The normalized spacial score (nSPS) is 20.9. The van der Waals surface area contributed by atoms with Gasteiger partial charge in [-0.1, -0.05) is 36.4 Å². The Morgan fingerprint density at radius 2 is 1.91 bits per heavy atom. The summed E-state index contributed by atoms with van der Waals surface area (Å²) < 4.78 is 0. The van der Waals surface area contributed by atoms with Crippen molar-refractivity contribution in [1.82, 2.24) is 15.8 Å². The molecule has 2 N–H and O–H groups in total. The maximum absolute atomic E-state index is 12.6. The SMILES string of the molecule is CC1(c2ccccc2)NC(=O)N(NC(=O)c2cccs2)C1=O. The summed E-state index contributed by atoms with van der Waals surface area (Å²) in [6.07, 6.45) is 0. The molecule has 0 radical (unpaired) electrons. The number of imide groups is 1. The van der Waals surface area contributed by atoms with Crippen LogP contribution >= 0.6 is 11.3 Å². The minimum absolute atomic E-state index is 0.425. The maximum atomic E-state index is 12.6. The monoisotopic (exact) mass is 315 g/mol. The first-order valence-electron chi connectivity index (χ1n) is 6.59. The van der Waals surface area contributed by atoms with E-state index in [2.05, 4.69) is 10.7 Å². The van der Waals surface area contributed by atoms with Crippen LogP contribution in [0, 0.1) is 0 Å². The number of hydrogen-bond donors (Lipinski definition) is 2. The summed E-state index contributed by atoms with van der Waals surface area (Å²) in [5.41, 5.74) is 1.81. The fraction of sp³-hybridized carbons (Fsp3) is 0.133. The molecule has 1 fully saturated rings. The minimum atomic E-state index is -1.19. The third kappa shape index (κ3) is 2.25. The van der Waals surface area contributed by atoms with Crippen LogP contribution in [0.1, 0.15) is 22.2 Å². The zero-order valence-corrected chi connectivity index (χ0v) is 12.5. The summed E-state index contributed by atoms with van der Waals surface area (Å²) in [7, 11) is 0. The molecule has 1 aromatic heterocycles. The van der Waals surface area contributed by atoms with Crippen LogP contribution in [0.5, 0.6) is 0 Å². The Kier molecular flexibility index (Phi) is 3.42. The van der Waals surface area contributed by atoms with Gasteiger partial charge in [-0.25, -0.2) is 4.79 Å². The molecule has 3 rings (SSSR count). The highest BCUT2D eigenvalue weighted by molar-refractivity contribution is 7.12. The molecular formula is C15H13N3O3S. The second kappa shape index (κ2) is 5.27. The molecule has 1 saturated heterocycles. The smallest absolute Gasteiger partial charge is 0.318 e. The van der Waals surface area contributed by atoms with E-state index >= 15 is 0 Å². The van der Waals surface area contributed by atoms with E-state index in [0.717, 1.165) is 5.01 Å². The molecule has 22 heavy (non-hydrogen) atoms. The van der Waals surface area contributed by atoms with E-state index in [9.17, 15) is 14.4 Å². The average Bonchev–Trinajstić information content (AvgIpc) is 3.12. The lowest BCUT2D eigenvalue weighted by molar-refractivity contribution is -0.132. The third-order valence-electron chi connectivity index (χ3n) is 3.50. The molecule has 4 amide bonds. The third-order valence-corrected chi connectivity index (χ3v) is 4.37. The minimum Gasteiger partial charge on any atom is -0.318 e. The van der Waals surface area contributed by atoms with Gasteiger partial charge in [0.05, 0.1) is 4.88 Å². The lowest BCUT2D eigenvalue weighted by Gasteiger charge is -2.21. The first-order chi connectivity index (χ1) is 10.5. The Bertz CT molecular complexity index is 730. The molecule has 0 saturated carbocycles. The molecule has 2 aromatic rings. The van der Waals surface area contributed by atoms with E-state index in [4.69, 9.17) is 0 Å². The van der Waals surface area contributed by atoms with E-state index in [-0.39, 0.29) is 0 Å². The van der Waals surface area contributed by atoms with Gasteiger partial charge in [-0.05, 0) is 23.9 Å². The van der Waals surface area contributed by atoms with Crippen LogP contribution in [0.15, 0.2) is 47.8 Å². The summed E-state index contributed by atoms with van der Waals surface area (Å²) in [5.74, 6) is -1.01. The van der Waals surface area contributed by atoms with Crippen molar-refractivity contribution in [2.24, 2.45) is 0 Å². The van der Waals surface area contributed by atoms with Crippen molar-refractivity contribution in [3.8, 4) is 0 Å². The Morgan fingerprint density at radius 1 is 1.18 bits per heavy atom. The van der Waals surface area contributed by atoms with Gasteiger partial charge in [-0.2, -0.15) is 5.01 Å². The van der Waals surface area contributed by atoms with Gasteiger partial charge in [0.15, 0.2) is 0 Å². The molecule has 6 nitrogen and oxygen atoms in total. The van der Waals surface area contributed by atoms with Gasteiger partial charge in [0.1, 0.15) is 5.54 Å². The first-order valence-corrected chi connectivity index (χ1v) is 7.47. The Balaban J connectivity index is 1.84. The number of hydrazine groups is 1. The van der Waals surface area contributed by atoms with Crippen LogP contribution in [0.25, 0.3) is 0 Å². The highest BCUT2D eigenvalue weighted by Crippen LogP contribution is 2.27. The van der Waals surface area contributed by atoms with E-state index in [1.165, 1.54) is 11.3 Å². The van der Waals surface area contributed by atoms with Gasteiger partial charge in [-0.15, -0.1) is 11.3 Å². The topological polar surface area (TPSA) is 78.5 Å². The van der Waals surface area contributed by atoms with Crippen LogP contribution in [0.4, 0.5) is 4.79 Å². The van der Waals surface area contributed by atoms with Crippen molar-refractivity contribution >= 4 is 29.2 Å². The molecule has 1 aliphatic rings. The summed E-state index contributed by atoms with van der Waals surface area (Å²) in [5, 5.41) is 5.10. The van der Waals surface area contributed by atoms with Crippen molar-refractivity contribution in [2.75, 3.05) is 0 Å². The van der Waals surface area contributed by atoms with Crippen molar-refractivity contribution in [3.05, 3.63) is 58.3 Å². The van der Waals surface area contributed by atoms with Crippen LogP contribution < -0.4 is 10.7 Å². The van der Waals surface area contributed by atoms with Crippen LogP contribution in [-0.4, -0.2) is 22.9 Å². The lowest BCUT2D eigenvalue weighted by Crippen LogP contribution is -2.47. The molecule has 0 bridgehead atoms. The fourth-order valence-electron chi connectivity index (χ4n) is 2.27. The van der Waals surface area contributed by atoms with Crippen LogP contribution in [0.2, 0.25) is 0 Å². The highest BCUT2D eigenvalue weighted by atomic mass is 32.1. The van der Waals surface area contributed by atoms with Crippen LogP contribution in [-0.2, 0) is 10.3 Å². The van der Waals surface area contributed by atoms with Gasteiger partial charge in [0.2, 0.25) is 0 Å². The quantitative estimate of drug-likeness (QED) is 0.849. The predicted molar refractivity (Wildman–Crippen MR) is 81.0 cm³/mol. The standard InChI is InChI=1S/C15H13N3O3S/c1-15(10-6-3-2-4-7-10)13(20)18(14(21)16-15)17-12(19)11-8-5-9-22-11/h2-9H,1H3,(H,16,21)(H,17,19). The second-order valence-corrected chi connectivity index (χ2v) is 5.93. The van der Waals surface area contributed by atoms with Crippen LogP contribution in [0.3, 0.4) is 0 Å². The summed E-state index contributed by atoms with van der Waals surface area (Å²) >= 11 is 1.23. The molecule has 112 valence electrons. The number of urea groups is 1. The number of hydrogen-bond acceptors (Lipinski definition) is 4. The molecule has 2 heterocycles. The number of carbonyl (C=O) groups is 3.